The number of carbonyl (C=O) groups excluding carboxylic acids is 2. The van der Waals surface area contributed by atoms with Gasteiger partial charge in [0.25, 0.3) is 0 Å². The molecule has 0 aromatic rings. The molecule has 13 heavy (non-hydrogen) atoms. The molecule has 2 N–H and O–H groups in total. The van der Waals surface area contributed by atoms with Crippen LogP contribution in [0.5, 0.6) is 0 Å². The number of hydrogen-bond acceptors (Lipinski definition) is 3. The number of amides is 2. The van der Waals surface area contributed by atoms with E-state index in [1.54, 1.807) is 0 Å². The van der Waals surface area contributed by atoms with Gasteiger partial charge in [-0.15, -0.1) is 0 Å². The Labute approximate surface area is 75.8 Å². The summed E-state index contributed by atoms with van der Waals surface area (Å²) in [7, 11) is 0. The Morgan fingerprint density at radius 3 is 2.77 bits per heavy atom. The van der Waals surface area contributed by atoms with Crippen LogP contribution in [0.3, 0.4) is 0 Å². The van der Waals surface area contributed by atoms with E-state index in [1.165, 1.54) is 0 Å². The van der Waals surface area contributed by atoms with E-state index in [1.807, 2.05) is 0 Å². The molecule has 2 amide bonds. The Balaban J connectivity index is 1.79. The van der Waals surface area contributed by atoms with Crippen molar-refractivity contribution in [2.24, 2.45) is 0 Å². The van der Waals surface area contributed by atoms with Gasteiger partial charge in [0.2, 0.25) is 11.8 Å². The first-order chi connectivity index (χ1) is 6.25. The van der Waals surface area contributed by atoms with E-state index in [2.05, 4.69) is 10.6 Å². The monoisotopic (exact) mass is 184 g/mol. The quantitative estimate of drug-likeness (QED) is 0.565. The Morgan fingerprint density at radius 1 is 1.54 bits per heavy atom. The summed E-state index contributed by atoms with van der Waals surface area (Å²) in [5.74, 6) is -0.121. The standard InChI is InChI=1S/C8H12N2O3/c11-7-2-1-6(10-7)8(12)9-5-3-13-4-5/h5-6H,1-4H2,(H,9,12)(H,10,11)/t6-/m1/s1. The predicted octanol–water partition coefficient (Wildman–Crippen LogP) is -1.22. The van der Waals surface area contributed by atoms with Crippen LogP contribution in [0.15, 0.2) is 0 Å². The predicted molar refractivity (Wildman–Crippen MR) is 43.9 cm³/mol. The molecule has 2 saturated heterocycles. The van der Waals surface area contributed by atoms with Gasteiger partial charge in [0.05, 0.1) is 19.3 Å². The van der Waals surface area contributed by atoms with Crippen molar-refractivity contribution in [1.82, 2.24) is 10.6 Å². The number of hydrogen-bond donors (Lipinski definition) is 2. The SMILES string of the molecule is O=C1CC[C@H](C(=O)NC2COC2)N1. The summed E-state index contributed by atoms with van der Waals surface area (Å²) < 4.78 is 4.92. The molecular weight excluding hydrogens is 172 g/mol. The number of rotatable bonds is 2. The van der Waals surface area contributed by atoms with Crippen molar-refractivity contribution in [3.63, 3.8) is 0 Å². The highest BCUT2D eigenvalue weighted by Crippen LogP contribution is 2.08. The van der Waals surface area contributed by atoms with Crippen LogP contribution in [-0.2, 0) is 14.3 Å². The Morgan fingerprint density at radius 2 is 2.31 bits per heavy atom. The van der Waals surface area contributed by atoms with Crippen molar-refractivity contribution in [2.45, 2.75) is 24.9 Å². The van der Waals surface area contributed by atoms with Crippen molar-refractivity contribution in [1.29, 1.82) is 0 Å². The van der Waals surface area contributed by atoms with Crippen LogP contribution in [0.2, 0.25) is 0 Å². The van der Waals surface area contributed by atoms with Gasteiger partial charge in [-0.25, -0.2) is 0 Å². The molecule has 2 fully saturated rings. The lowest BCUT2D eigenvalue weighted by Crippen LogP contribution is -2.53. The van der Waals surface area contributed by atoms with Crippen molar-refractivity contribution in [2.75, 3.05) is 13.2 Å². The highest BCUT2D eigenvalue weighted by molar-refractivity contribution is 5.90. The molecule has 0 aliphatic carbocycles. The molecule has 1 atom stereocenters. The molecule has 0 spiro atoms. The molecule has 5 nitrogen and oxygen atoms in total. The number of ether oxygens (including phenoxy) is 1. The fraction of sp³-hybridized carbons (Fsp3) is 0.750. The molecule has 2 aliphatic rings. The lowest BCUT2D eigenvalue weighted by atomic mass is 10.2. The zero-order valence-corrected chi connectivity index (χ0v) is 7.21. The summed E-state index contributed by atoms with van der Waals surface area (Å²) in [6, 6.07) is -0.182. The van der Waals surface area contributed by atoms with Crippen molar-refractivity contribution < 1.29 is 14.3 Å². The summed E-state index contributed by atoms with van der Waals surface area (Å²) in [6.45, 7) is 1.18. The normalized spacial score (nSPS) is 28.0. The van der Waals surface area contributed by atoms with E-state index in [4.69, 9.17) is 4.74 Å². The van der Waals surface area contributed by atoms with Gasteiger partial charge in [0.1, 0.15) is 6.04 Å². The fourth-order valence-corrected chi connectivity index (χ4v) is 1.43. The second kappa shape index (κ2) is 3.33. The van der Waals surface area contributed by atoms with E-state index in [9.17, 15) is 9.59 Å². The van der Waals surface area contributed by atoms with Gasteiger partial charge >= 0.3 is 0 Å². The second-order valence-electron chi connectivity index (χ2n) is 3.40. The molecule has 0 unspecified atom stereocenters. The van der Waals surface area contributed by atoms with Crippen LogP contribution in [0, 0.1) is 0 Å². The van der Waals surface area contributed by atoms with Gasteiger partial charge in [-0.1, -0.05) is 0 Å². The molecule has 0 aromatic carbocycles. The minimum absolute atomic E-state index is 0.0370. The molecule has 72 valence electrons. The van der Waals surface area contributed by atoms with Gasteiger partial charge in [0.15, 0.2) is 0 Å². The minimum Gasteiger partial charge on any atom is -0.377 e. The zero-order valence-electron chi connectivity index (χ0n) is 7.21. The average Bonchev–Trinajstić information content (AvgIpc) is 2.44. The lowest BCUT2D eigenvalue weighted by Gasteiger charge is -2.27. The Hall–Kier alpha value is -1.10. The van der Waals surface area contributed by atoms with Crippen LogP contribution >= 0.6 is 0 Å². The van der Waals surface area contributed by atoms with Gasteiger partial charge in [-0.05, 0) is 6.42 Å². The minimum atomic E-state index is -0.326. The van der Waals surface area contributed by atoms with Crippen LogP contribution in [0.4, 0.5) is 0 Å². The highest BCUT2D eigenvalue weighted by Gasteiger charge is 2.30. The topological polar surface area (TPSA) is 67.4 Å². The fourth-order valence-electron chi connectivity index (χ4n) is 1.43. The summed E-state index contributed by atoms with van der Waals surface area (Å²) in [4.78, 5) is 22.2. The number of carbonyl (C=O) groups is 2. The maximum atomic E-state index is 11.4. The summed E-state index contributed by atoms with van der Waals surface area (Å²) in [5, 5.41) is 5.42. The summed E-state index contributed by atoms with van der Waals surface area (Å²) >= 11 is 0. The Bertz CT molecular complexity index is 238. The zero-order chi connectivity index (χ0) is 9.26. The van der Waals surface area contributed by atoms with E-state index in [-0.39, 0.29) is 23.9 Å². The molecule has 0 aromatic heterocycles. The van der Waals surface area contributed by atoms with Crippen molar-refractivity contribution in [3.05, 3.63) is 0 Å². The third kappa shape index (κ3) is 1.80. The van der Waals surface area contributed by atoms with Gasteiger partial charge in [0, 0.05) is 6.42 Å². The van der Waals surface area contributed by atoms with Crippen LogP contribution < -0.4 is 10.6 Å². The molecule has 0 radical (unpaired) electrons. The van der Waals surface area contributed by atoms with Crippen LogP contribution in [0.25, 0.3) is 0 Å². The van der Waals surface area contributed by atoms with Crippen molar-refractivity contribution in [3.8, 4) is 0 Å². The first-order valence-corrected chi connectivity index (χ1v) is 4.43. The van der Waals surface area contributed by atoms with E-state index < -0.39 is 0 Å². The molecule has 0 saturated carbocycles. The third-order valence-corrected chi connectivity index (χ3v) is 2.30. The molecule has 0 bridgehead atoms. The lowest BCUT2D eigenvalue weighted by molar-refractivity contribution is -0.128. The van der Waals surface area contributed by atoms with E-state index in [0.717, 1.165) is 0 Å². The first-order valence-electron chi connectivity index (χ1n) is 4.43. The van der Waals surface area contributed by atoms with Gasteiger partial charge < -0.3 is 15.4 Å². The highest BCUT2D eigenvalue weighted by atomic mass is 16.5. The van der Waals surface area contributed by atoms with Crippen LogP contribution in [-0.4, -0.2) is 37.1 Å². The molecule has 2 rings (SSSR count). The van der Waals surface area contributed by atoms with Gasteiger partial charge in [-0.3, -0.25) is 9.59 Å². The maximum absolute atomic E-state index is 11.4. The largest absolute Gasteiger partial charge is 0.377 e. The maximum Gasteiger partial charge on any atom is 0.242 e. The van der Waals surface area contributed by atoms with Crippen LogP contribution in [0.1, 0.15) is 12.8 Å². The Kier molecular flexibility index (Phi) is 2.18. The van der Waals surface area contributed by atoms with Crippen molar-refractivity contribution >= 4 is 11.8 Å². The van der Waals surface area contributed by atoms with Gasteiger partial charge in [-0.2, -0.15) is 0 Å². The van der Waals surface area contributed by atoms with E-state index >= 15 is 0 Å². The average molecular weight is 184 g/mol. The smallest absolute Gasteiger partial charge is 0.242 e. The third-order valence-electron chi connectivity index (χ3n) is 2.30. The molecular formula is C8H12N2O3. The second-order valence-corrected chi connectivity index (χ2v) is 3.40. The van der Waals surface area contributed by atoms with E-state index in [0.29, 0.717) is 26.1 Å². The summed E-state index contributed by atoms with van der Waals surface area (Å²) in [5.41, 5.74) is 0. The molecule has 5 heteroatoms. The number of nitrogens with one attached hydrogen (secondary N) is 2. The summed E-state index contributed by atoms with van der Waals surface area (Å²) in [6.07, 6.45) is 1.07. The first kappa shape index (κ1) is 8.50. The molecule has 2 heterocycles. The molecule has 2 aliphatic heterocycles.